The maximum absolute atomic E-state index is 12.0. The number of carbonyl (C=O) groups is 2. The molecule has 7 nitrogen and oxygen atoms in total. The van der Waals surface area contributed by atoms with Gasteiger partial charge in [0.1, 0.15) is 18.6 Å². The second kappa shape index (κ2) is 7.88. The normalized spacial score (nSPS) is 10.8. The summed E-state index contributed by atoms with van der Waals surface area (Å²) in [6.45, 7) is 3.10. The fraction of sp³-hybridized carbons (Fsp3) is 0.357. The van der Waals surface area contributed by atoms with Gasteiger partial charge in [0.25, 0.3) is 0 Å². The second-order valence-electron chi connectivity index (χ2n) is 3.80. The van der Waals surface area contributed by atoms with E-state index in [-0.39, 0.29) is 23.6 Å². The van der Waals surface area contributed by atoms with Crippen LogP contribution in [0.2, 0.25) is 0 Å². The minimum Gasteiger partial charge on any atom is -0.497 e. The highest BCUT2D eigenvalue weighted by atomic mass is 16.6. The molecule has 0 aliphatic heterocycles. The van der Waals surface area contributed by atoms with Gasteiger partial charge in [-0.05, 0) is 25.1 Å². The van der Waals surface area contributed by atoms with Crippen LogP contribution in [0, 0.1) is 0 Å². The summed E-state index contributed by atoms with van der Waals surface area (Å²) in [4.78, 5) is 27.8. The van der Waals surface area contributed by atoms with Crippen molar-refractivity contribution >= 4 is 17.7 Å². The SMILES string of the molecule is CCOC(=O)/C(=N\OC)c1cc(OC)ccc1OC(C)=O. The van der Waals surface area contributed by atoms with Crippen LogP contribution in [-0.2, 0) is 19.2 Å². The van der Waals surface area contributed by atoms with Gasteiger partial charge in [-0.1, -0.05) is 5.16 Å². The van der Waals surface area contributed by atoms with Crippen LogP contribution in [0.1, 0.15) is 19.4 Å². The van der Waals surface area contributed by atoms with Gasteiger partial charge in [-0.15, -0.1) is 0 Å². The predicted octanol–water partition coefficient (Wildman–Crippen LogP) is 1.53. The molecule has 1 rings (SSSR count). The molecule has 21 heavy (non-hydrogen) atoms. The zero-order chi connectivity index (χ0) is 15.8. The molecule has 0 aliphatic rings. The summed E-state index contributed by atoms with van der Waals surface area (Å²) in [5, 5.41) is 3.65. The van der Waals surface area contributed by atoms with Crippen LogP contribution in [0.3, 0.4) is 0 Å². The third kappa shape index (κ3) is 4.48. The zero-order valence-corrected chi connectivity index (χ0v) is 12.3. The molecule has 7 heteroatoms. The summed E-state index contributed by atoms with van der Waals surface area (Å²) < 4.78 is 15.1. The summed E-state index contributed by atoms with van der Waals surface area (Å²) >= 11 is 0. The molecule has 114 valence electrons. The number of benzene rings is 1. The predicted molar refractivity (Wildman–Crippen MR) is 74.5 cm³/mol. The molecule has 0 N–H and O–H groups in total. The van der Waals surface area contributed by atoms with Gasteiger partial charge in [-0.2, -0.15) is 0 Å². The first kappa shape index (κ1) is 16.5. The first-order valence-corrected chi connectivity index (χ1v) is 6.18. The third-order valence-electron chi connectivity index (χ3n) is 2.35. The first-order chi connectivity index (χ1) is 10.0. The molecule has 1 aromatic carbocycles. The van der Waals surface area contributed by atoms with Crippen molar-refractivity contribution in [2.45, 2.75) is 13.8 Å². The molecule has 0 spiro atoms. The van der Waals surface area contributed by atoms with E-state index in [1.807, 2.05) is 0 Å². The molecule has 0 fully saturated rings. The highest BCUT2D eigenvalue weighted by molar-refractivity contribution is 6.43. The molecule has 0 amide bonds. The summed E-state index contributed by atoms with van der Waals surface area (Å²) in [6, 6.07) is 4.60. The molecule has 0 radical (unpaired) electrons. The fourth-order valence-corrected chi connectivity index (χ4v) is 1.55. The molecule has 1 aromatic rings. The molecule has 0 bridgehead atoms. The highest BCUT2D eigenvalue weighted by Crippen LogP contribution is 2.26. The van der Waals surface area contributed by atoms with Crippen LogP contribution in [0.15, 0.2) is 23.4 Å². The van der Waals surface area contributed by atoms with E-state index in [0.717, 1.165) is 0 Å². The van der Waals surface area contributed by atoms with Crippen LogP contribution in [0.25, 0.3) is 0 Å². The van der Waals surface area contributed by atoms with Gasteiger partial charge < -0.3 is 19.0 Å². The third-order valence-corrected chi connectivity index (χ3v) is 2.35. The van der Waals surface area contributed by atoms with E-state index in [1.54, 1.807) is 13.0 Å². The van der Waals surface area contributed by atoms with Crippen molar-refractivity contribution in [3.8, 4) is 11.5 Å². The van der Waals surface area contributed by atoms with Crippen molar-refractivity contribution in [3.05, 3.63) is 23.8 Å². The van der Waals surface area contributed by atoms with E-state index in [0.29, 0.717) is 5.75 Å². The number of methoxy groups -OCH3 is 1. The number of oxime groups is 1. The summed E-state index contributed by atoms with van der Waals surface area (Å²) in [7, 11) is 2.77. The summed E-state index contributed by atoms with van der Waals surface area (Å²) in [6.07, 6.45) is 0. The smallest absolute Gasteiger partial charge is 0.361 e. The van der Waals surface area contributed by atoms with Crippen molar-refractivity contribution in [2.75, 3.05) is 20.8 Å². The number of carbonyl (C=O) groups excluding carboxylic acids is 2. The number of esters is 2. The lowest BCUT2D eigenvalue weighted by Crippen LogP contribution is -2.20. The van der Waals surface area contributed by atoms with Crippen LogP contribution in [0.5, 0.6) is 11.5 Å². The number of hydrogen-bond donors (Lipinski definition) is 0. The Hall–Kier alpha value is -2.57. The lowest BCUT2D eigenvalue weighted by Gasteiger charge is -2.11. The average molecular weight is 295 g/mol. The Morgan fingerprint density at radius 2 is 1.95 bits per heavy atom. The lowest BCUT2D eigenvalue weighted by atomic mass is 10.1. The largest absolute Gasteiger partial charge is 0.497 e. The van der Waals surface area contributed by atoms with Gasteiger partial charge in [0.05, 0.1) is 19.3 Å². The quantitative estimate of drug-likeness (QED) is 0.342. The van der Waals surface area contributed by atoms with Crippen molar-refractivity contribution < 1.29 is 28.6 Å². The van der Waals surface area contributed by atoms with Crippen molar-refractivity contribution in [1.29, 1.82) is 0 Å². The highest BCUT2D eigenvalue weighted by Gasteiger charge is 2.22. The molecule has 0 aliphatic carbocycles. The Bertz CT molecular complexity index is 552. The Labute approximate surface area is 122 Å². The summed E-state index contributed by atoms with van der Waals surface area (Å²) in [5.74, 6) is -0.593. The van der Waals surface area contributed by atoms with Gasteiger partial charge in [0.15, 0.2) is 5.71 Å². The minimum absolute atomic E-state index is 0.116. The van der Waals surface area contributed by atoms with Crippen LogP contribution in [0.4, 0.5) is 0 Å². The van der Waals surface area contributed by atoms with E-state index < -0.39 is 11.9 Å². The van der Waals surface area contributed by atoms with Crippen LogP contribution >= 0.6 is 0 Å². The van der Waals surface area contributed by atoms with E-state index in [2.05, 4.69) is 9.99 Å². The fourth-order valence-electron chi connectivity index (χ4n) is 1.55. The van der Waals surface area contributed by atoms with Gasteiger partial charge in [-0.25, -0.2) is 4.79 Å². The Morgan fingerprint density at radius 1 is 1.24 bits per heavy atom. The van der Waals surface area contributed by atoms with Gasteiger partial charge in [0.2, 0.25) is 0 Å². The van der Waals surface area contributed by atoms with E-state index in [4.69, 9.17) is 14.2 Å². The molecule has 0 saturated heterocycles. The average Bonchev–Trinajstić information content (AvgIpc) is 2.45. The topological polar surface area (TPSA) is 83.4 Å². The monoisotopic (exact) mass is 295 g/mol. The van der Waals surface area contributed by atoms with E-state index in [9.17, 15) is 9.59 Å². The molecule has 0 atom stereocenters. The van der Waals surface area contributed by atoms with Crippen molar-refractivity contribution in [1.82, 2.24) is 0 Å². The standard InChI is InChI=1S/C14H17NO6/c1-5-20-14(17)13(15-19-4)11-8-10(18-3)6-7-12(11)21-9(2)16/h6-8H,5H2,1-4H3/b15-13-. The van der Waals surface area contributed by atoms with Crippen LogP contribution < -0.4 is 9.47 Å². The zero-order valence-electron chi connectivity index (χ0n) is 12.3. The molecule has 0 unspecified atom stereocenters. The molecule has 0 saturated carbocycles. The van der Waals surface area contributed by atoms with Gasteiger partial charge in [0, 0.05) is 6.92 Å². The summed E-state index contributed by atoms with van der Waals surface area (Å²) in [5.41, 5.74) is 0.124. The van der Waals surface area contributed by atoms with Gasteiger partial charge >= 0.3 is 11.9 Å². The van der Waals surface area contributed by atoms with E-state index >= 15 is 0 Å². The number of nitrogens with zero attached hydrogens (tertiary/aromatic N) is 1. The molecular formula is C14H17NO6. The van der Waals surface area contributed by atoms with Crippen LogP contribution in [-0.4, -0.2) is 38.5 Å². The number of ether oxygens (including phenoxy) is 3. The molecular weight excluding hydrogens is 278 g/mol. The van der Waals surface area contributed by atoms with Crippen molar-refractivity contribution in [2.24, 2.45) is 5.16 Å². The maximum atomic E-state index is 12.0. The molecule has 0 heterocycles. The van der Waals surface area contributed by atoms with Gasteiger partial charge in [-0.3, -0.25) is 4.79 Å². The lowest BCUT2D eigenvalue weighted by molar-refractivity contribution is -0.135. The number of rotatable bonds is 6. The van der Waals surface area contributed by atoms with Crippen molar-refractivity contribution in [3.63, 3.8) is 0 Å². The second-order valence-corrected chi connectivity index (χ2v) is 3.80. The maximum Gasteiger partial charge on any atom is 0.361 e. The minimum atomic E-state index is -0.694. The Balaban J connectivity index is 3.35. The Morgan fingerprint density at radius 3 is 2.48 bits per heavy atom. The van der Waals surface area contributed by atoms with E-state index in [1.165, 1.54) is 33.3 Å². The number of hydrogen-bond acceptors (Lipinski definition) is 7. The first-order valence-electron chi connectivity index (χ1n) is 6.18. The molecule has 0 aromatic heterocycles. The Kier molecular flexibility index (Phi) is 6.19.